The summed E-state index contributed by atoms with van der Waals surface area (Å²) in [5.41, 5.74) is 5.60. The molecule has 5 heteroatoms. The third-order valence-electron chi connectivity index (χ3n) is 5.83. The first kappa shape index (κ1) is 17.9. The summed E-state index contributed by atoms with van der Waals surface area (Å²) in [7, 11) is 0. The molecule has 1 aliphatic carbocycles. The Bertz CT molecular complexity index is 1130. The number of carbonyl (C=O) groups is 1. The first-order valence-corrected chi connectivity index (χ1v) is 9.96. The highest BCUT2D eigenvalue weighted by Gasteiger charge is 2.39. The predicted molar refractivity (Wildman–Crippen MR) is 111 cm³/mol. The molecule has 4 nitrogen and oxygen atoms in total. The molecule has 0 saturated carbocycles. The van der Waals surface area contributed by atoms with Gasteiger partial charge in [-0.2, -0.15) is 5.10 Å². The van der Waals surface area contributed by atoms with Crippen molar-refractivity contribution >= 4 is 11.6 Å². The third-order valence-corrected chi connectivity index (χ3v) is 5.83. The van der Waals surface area contributed by atoms with Crippen LogP contribution in [-0.2, 0) is 4.79 Å². The van der Waals surface area contributed by atoms with Crippen LogP contribution in [-0.4, -0.2) is 15.6 Å². The molecule has 0 spiro atoms. The van der Waals surface area contributed by atoms with Gasteiger partial charge in [-0.1, -0.05) is 49.4 Å². The van der Waals surface area contributed by atoms with E-state index in [0.717, 1.165) is 45.9 Å². The predicted octanol–water partition coefficient (Wildman–Crippen LogP) is 5.27. The quantitative estimate of drug-likeness (QED) is 0.652. The molecule has 5 rings (SSSR count). The van der Waals surface area contributed by atoms with Crippen molar-refractivity contribution in [1.82, 2.24) is 9.78 Å². The number of carbonyl (C=O) groups excluding carboxylic acids is 1. The maximum Gasteiger partial charge on any atom is 0.163 e. The fourth-order valence-electron chi connectivity index (χ4n) is 4.58. The lowest BCUT2D eigenvalue weighted by atomic mass is 9.81. The van der Waals surface area contributed by atoms with Crippen LogP contribution in [0.1, 0.15) is 37.1 Å². The highest BCUT2D eigenvalue weighted by molar-refractivity contribution is 6.00. The second-order valence-corrected chi connectivity index (χ2v) is 8.03. The minimum atomic E-state index is -0.349. The fourth-order valence-corrected chi connectivity index (χ4v) is 4.58. The second-order valence-electron chi connectivity index (χ2n) is 8.03. The number of nitrogens with one attached hydrogen (secondary N) is 1. The van der Waals surface area contributed by atoms with Crippen LogP contribution in [0.5, 0.6) is 0 Å². The average molecular weight is 387 g/mol. The van der Waals surface area contributed by atoms with Gasteiger partial charge in [-0.05, 0) is 42.5 Å². The summed E-state index contributed by atoms with van der Waals surface area (Å²) in [5, 5.41) is 8.37. The van der Waals surface area contributed by atoms with E-state index < -0.39 is 0 Å². The lowest BCUT2D eigenvalue weighted by Gasteiger charge is -2.35. The van der Waals surface area contributed by atoms with Gasteiger partial charge in [-0.3, -0.25) is 4.79 Å². The van der Waals surface area contributed by atoms with Crippen molar-refractivity contribution in [2.75, 3.05) is 5.32 Å². The van der Waals surface area contributed by atoms with Gasteiger partial charge in [0.15, 0.2) is 5.78 Å². The Balaban J connectivity index is 1.75. The van der Waals surface area contributed by atoms with Crippen LogP contribution in [0.3, 0.4) is 0 Å². The molecule has 0 saturated heterocycles. The molecule has 0 unspecified atom stereocenters. The zero-order valence-corrected chi connectivity index (χ0v) is 16.4. The molecular formula is C24H22FN3O. The molecule has 0 fully saturated rings. The average Bonchev–Trinajstić information content (AvgIpc) is 3.03. The molecule has 1 aliphatic heterocycles. The van der Waals surface area contributed by atoms with Crippen LogP contribution in [0.15, 0.2) is 65.9 Å². The van der Waals surface area contributed by atoms with E-state index >= 15 is 0 Å². The summed E-state index contributed by atoms with van der Waals surface area (Å²) < 4.78 is 15.5. The van der Waals surface area contributed by atoms with Gasteiger partial charge in [0.1, 0.15) is 17.7 Å². The number of benzene rings is 2. The van der Waals surface area contributed by atoms with Gasteiger partial charge in [-0.15, -0.1) is 0 Å². The molecule has 1 aromatic heterocycles. The number of nitrogens with zero attached hydrogens (tertiary/aromatic N) is 2. The van der Waals surface area contributed by atoms with Crippen molar-refractivity contribution in [3.63, 3.8) is 0 Å². The minimum Gasteiger partial charge on any atom is -0.343 e. The number of halogens is 1. The first-order chi connectivity index (χ1) is 14.0. The Morgan fingerprint density at radius 1 is 1.07 bits per heavy atom. The van der Waals surface area contributed by atoms with Gasteiger partial charge in [0.2, 0.25) is 0 Å². The molecule has 0 radical (unpaired) electrons. The van der Waals surface area contributed by atoms with Crippen molar-refractivity contribution in [3.05, 3.63) is 82.9 Å². The maximum absolute atomic E-state index is 13.6. The molecule has 3 aromatic rings. The van der Waals surface area contributed by atoms with Gasteiger partial charge in [0, 0.05) is 23.3 Å². The van der Waals surface area contributed by atoms with E-state index in [0.29, 0.717) is 12.3 Å². The highest BCUT2D eigenvalue weighted by atomic mass is 19.1. The number of aryl methyl sites for hydroxylation is 1. The Morgan fingerprint density at radius 3 is 2.52 bits per heavy atom. The molecule has 2 atom stereocenters. The van der Waals surface area contributed by atoms with Gasteiger partial charge in [-0.25, -0.2) is 9.07 Å². The zero-order valence-electron chi connectivity index (χ0n) is 16.4. The summed E-state index contributed by atoms with van der Waals surface area (Å²) in [6.07, 6.45) is 1.34. The van der Waals surface area contributed by atoms with Crippen LogP contribution in [0.4, 0.5) is 10.2 Å². The van der Waals surface area contributed by atoms with Crippen molar-refractivity contribution in [2.24, 2.45) is 5.92 Å². The largest absolute Gasteiger partial charge is 0.343 e. The molecule has 2 aromatic carbocycles. The summed E-state index contributed by atoms with van der Waals surface area (Å²) in [5.74, 6) is 1.03. The van der Waals surface area contributed by atoms with E-state index in [4.69, 9.17) is 5.10 Å². The van der Waals surface area contributed by atoms with Crippen LogP contribution < -0.4 is 5.32 Å². The molecule has 1 N–H and O–H groups in total. The van der Waals surface area contributed by atoms with E-state index in [-0.39, 0.29) is 17.6 Å². The van der Waals surface area contributed by atoms with Crippen LogP contribution in [0.25, 0.3) is 11.1 Å². The topological polar surface area (TPSA) is 46.9 Å². The second kappa shape index (κ2) is 6.69. The van der Waals surface area contributed by atoms with Crippen LogP contribution >= 0.6 is 0 Å². The maximum atomic E-state index is 13.6. The van der Waals surface area contributed by atoms with Crippen LogP contribution in [0.2, 0.25) is 0 Å². The Morgan fingerprint density at radius 2 is 1.79 bits per heavy atom. The van der Waals surface area contributed by atoms with Crippen molar-refractivity contribution < 1.29 is 9.18 Å². The number of Topliss-reactive ketones (excluding diaryl/α,β-unsaturated/α-hetero) is 1. The Hall–Kier alpha value is -3.21. The number of rotatable bonds is 2. The summed E-state index contributed by atoms with van der Waals surface area (Å²) >= 11 is 0. The van der Waals surface area contributed by atoms with E-state index in [9.17, 15) is 9.18 Å². The molecule has 2 heterocycles. The lowest BCUT2D eigenvalue weighted by molar-refractivity contribution is -0.117. The number of allylic oxidation sites excluding steroid dienone is 2. The highest BCUT2D eigenvalue weighted by Crippen LogP contribution is 2.45. The first-order valence-electron chi connectivity index (χ1n) is 9.96. The van der Waals surface area contributed by atoms with E-state index in [1.807, 2.05) is 29.8 Å². The van der Waals surface area contributed by atoms with Crippen molar-refractivity contribution in [3.8, 4) is 11.1 Å². The van der Waals surface area contributed by atoms with Crippen molar-refractivity contribution in [1.29, 1.82) is 0 Å². The normalized spacial score (nSPS) is 20.9. The van der Waals surface area contributed by atoms with Crippen molar-refractivity contribution in [2.45, 2.75) is 32.7 Å². The number of fused-ring (bicyclic) bond motifs is 1. The molecule has 0 bridgehead atoms. The standard InChI is InChI=1S/C24H22FN3O/c1-14-12-19-22(20(29)13-14)23(17-8-10-18(25)11-9-17)28-24(26-19)21(15(2)27-28)16-6-4-3-5-7-16/h3-11,14,23,26H,12-13H2,1-2H3/t14-,23+/m0/s1. The molecule has 146 valence electrons. The number of hydrogen-bond acceptors (Lipinski definition) is 3. The number of aromatic nitrogens is 2. The van der Waals surface area contributed by atoms with E-state index in [1.165, 1.54) is 12.1 Å². The van der Waals surface area contributed by atoms with Gasteiger partial charge >= 0.3 is 0 Å². The van der Waals surface area contributed by atoms with E-state index in [1.54, 1.807) is 12.1 Å². The van der Waals surface area contributed by atoms with Gasteiger partial charge in [0.25, 0.3) is 0 Å². The number of hydrogen-bond donors (Lipinski definition) is 1. The summed E-state index contributed by atoms with van der Waals surface area (Å²) in [4.78, 5) is 13.0. The minimum absolute atomic E-state index is 0.139. The summed E-state index contributed by atoms with van der Waals surface area (Å²) in [6.45, 7) is 4.09. The Kier molecular flexibility index (Phi) is 4.12. The fraction of sp³-hybridized carbons (Fsp3) is 0.250. The SMILES string of the molecule is Cc1nn2c(c1-c1ccccc1)NC1=C(C(=O)C[C@@H](C)C1)[C@H]2c1ccc(F)cc1. The lowest BCUT2D eigenvalue weighted by Crippen LogP contribution is -2.33. The molecular weight excluding hydrogens is 365 g/mol. The van der Waals surface area contributed by atoms with E-state index in [2.05, 4.69) is 24.4 Å². The smallest absolute Gasteiger partial charge is 0.163 e. The number of anilines is 1. The molecule has 2 aliphatic rings. The Labute approximate surface area is 169 Å². The zero-order chi connectivity index (χ0) is 20.1. The van der Waals surface area contributed by atoms with Crippen LogP contribution in [0, 0.1) is 18.7 Å². The molecule has 29 heavy (non-hydrogen) atoms. The monoisotopic (exact) mass is 387 g/mol. The van der Waals surface area contributed by atoms with Gasteiger partial charge in [0.05, 0.1) is 5.69 Å². The third kappa shape index (κ3) is 2.89. The number of ketones is 1. The van der Waals surface area contributed by atoms with Gasteiger partial charge < -0.3 is 5.32 Å². The molecule has 0 amide bonds. The summed E-state index contributed by atoms with van der Waals surface area (Å²) in [6, 6.07) is 16.2.